The Bertz CT molecular complexity index is 444. The molecule has 1 saturated carbocycles. The molecule has 3 rings (SSSR count). The Morgan fingerprint density at radius 2 is 2.06 bits per heavy atom. The molecular weight excluding hydrogens is 214 g/mol. The van der Waals surface area contributed by atoms with E-state index in [9.17, 15) is 4.79 Å². The van der Waals surface area contributed by atoms with Gasteiger partial charge in [-0.2, -0.15) is 10.2 Å². The summed E-state index contributed by atoms with van der Waals surface area (Å²) in [6.45, 7) is 3.71. The van der Waals surface area contributed by atoms with E-state index in [0.717, 1.165) is 18.8 Å². The molecule has 1 amide bonds. The Morgan fingerprint density at radius 3 is 2.71 bits per heavy atom. The third kappa shape index (κ3) is 1.72. The summed E-state index contributed by atoms with van der Waals surface area (Å²) in [5.41, 5.74) is 1.89. The number of rotatable bonds is 1. The van der Waals surface area contributed by atoms with Gasteiger partial charge in [0.05, 0.1) is 17.5 Å². The van der Waals surface area contributed by atoms with Crippen LogP contribution in [0.4, 0.5) is 0 Å². The van der Waals surface area contributed by atoms with E-state index >= 15 is 0 Å². The minimum Gasteiger partial charge on any atom is -0.337 e. The topological polar surface area (TPSA) is 46.1 Å². The molecule has 1 spiro atoms. The summed E-state index contributed by atoms with van der Waals surface area (Å²) in [6.07, 6.45) is 6.84. The van der Waals surface area contributed by atoms with E-state index in [2.05, 4.69) is 10.2 Å². The minimum atomic E-state index is 0.120. The maximum atomic E-state index is 12.2. The second-order valence-electron chi connectivity index (χ2n) is 5.40. The fourth-order valence-corrected chi connectivity index (χ4v) is 3.15. The van der Waals surface area contributed by atoms with E-state index in [1.54, 1.807) is 12.3 Å². The summed E-state index contributed by atoms with van der Waals surface area (Å²) in [4.78, 5) is 14.2. The summed E-state index contributed by atoms with van der Waals surface area (Å²) in [5, 5.41) is 7.71. The molecule has 1 aliphatic carbocycles. The summed E-state index contributed by atoms with van der Waals surface area (Å²) in [6, 6.07) is 1.77. The molecule has 1 saturated heterocycles. The van der Waals surface area contributed by atoms with Crippen molar-refractivity contribution < 1.29 is 4.79 Å². The van der Waals surface area contributed by atoms with Gasteiger partial charge in [-0.05, 0) is 25.8 Å². The number of likely N-dealkylation sites (tertiary alicyclic amines) is 1. The molecule has 0 N–H and O–H groups in total. The second kappa shape index (κ2) is 3.79. The molecule has 17 heavy (non-hydrogen) atoms. The highest BCUT2D eigenvalue weighted by molar-refractivity contribution is 5.95. The lowest BCUT2D eigenvalue weighted by molar-refractivity contribution is 0.00921. The average molecular weight is 231 g/mol. The Morgan fingerprint density at radius 1 is 1.35 bits per heavy atom. The van der Waals surface area contributed by atoms with Crippen molar-refractivity contribution in [3.8, 4) is 0 Å². The van der Waals surface area contributed by atoms with Crippen LogP contribution in [0, 0.1) is 12.3 Å². The van der Waals surface area contributed by atoms with E-state index in [1.807, 2.05) is 11.8 Å². The first-order chi connectivity index (χ1) is 8.20. The number of nitrogens with zero attached hydrogens (tertiary/aromatic N) is 3. The Hall–Kier alpha value is -1.45. The molecule has 0 radical (unpaired) electrons. The van der Waals surface area contributed by atoms with Gasteiger partial charge >= 0.3 is 0 Å². The standard InChI is InChI=1S/C13H17N3O/c1-10-11(4-7-14-15-10)12(17)16-8-13(9-16)5-2-3-6-13/h4,7H,2-3,5-6,8-9H2,1H3. The molecule has 2 heterocycles. The first kappa shape index (κ1) is 10.7. The number of hydrogen-bond acceptors (Lipinski definition) is 3. The van der Waals surface area contributed by atoms with Crippen molar-refractivity contribution in [3.05, 3.63) is 23.5 Å². The molecule has 0 bridgehead atoms. The molecule has 4 nitrogen and oxygen atoms in total. The van der Waals surface area contributed by atoms with E-state index in [-0.39, 0.29) is 5.91 Å². The highest BCUT2D eigenvalue weighted by Crippen LogP contribution is 2.45. The highest BCUT2D eigenvalue weighted by atomic mass is 16.2. The van der Waals surface area contributed by atoms with Gasteiger partial charge < -0.3 is 4.90 Å². The van der Waals surface area contributed by atoms with Gasteiger partial charge in [-0.25, -0.2) is 0 Å². The van der Waals surface area contributed by atoms with Crippen LogP contribution in [0.3, 0.4) is 0 Å². The predicted octanol–water partition coefficient (Wildman–Crippen LogP) is 1.80. The summed E-state index contributed by atoms with van der Waals surface area (Å²) in [5.74, 6) is 0.120. The first-order valence-electron chi connectivity index (χ1n) is 6.28. The zero-order valence-electron chi connectivity index (χ0n) is 10.1. The van der Waals surface area contributed by atoms with Crippen molar-refractivity contribution >= 4 is 5.91 Å². The minimum absolute atomic E-state index is 0.120. The number of aromatic nitrogens is 2. The fourth-order valence-electron chi connectivity index (χ4n) is 3.15. The molecule has 0 unspecified atom stereocenters. The Balaban J connectivity index is 1.71. The van der Waals surface area contributed by atoms with Crippen molar-refractivity contribution in [1.82, 2.24) is 15.1 Å². The monoisotopic (exact) mass is 231 g/mol. The van der Waals surface area contributed by atoms with Crippen molar-refractivity contribution in [2.75, 3.05) is 13.1 Å². The van der Waals surface area contributed by atoms with Crippen LogP contribution >= 0.6 is 0 Å². The van der Waals surface area contributed by atoms with E-state index in [4.69, 9.17) is 0 Å². The third-order valence-electron chi connectivity index (χ3n) is 4.14. The molecule has 1 aliphatic heterocycles. The molecule has 0 aromatic carbocycles. The van der Waals surface area contributed by atoms with Crippen LogP contribution < -0.4 is 0 Å². The van der Waals surface area contributed by atoms with Gasteiger partial charge in [-0.3, -0.25) is 4.79 Å². The van der Waals surface area contributed by atoms with Crippen LogP contribution in [-0.2, 0) is 0 Å². The van der Waals surface area contributed by atoms with Crippen molar-refractivity contribution in [3.63, 3.8) is 0 Å². The SMILES string of the molecule is Cc1nnccc1C(=O)N1CC2(CCCC2)C1. The number of hydrogen-bond donors (Lipinski definition) is 0. The smallest absolute Gasteiger partial charge is 0.255 e. The van der Waals surface area contributed by atoms with Crippen LogP contribution in [0.1, 0.15) is 41.7 Å². The maximum absolute atomic E-state index is 12.2. The van der Waals surface area contributed by atoms with Gasteiger partial charge in [0.1, 0.15) is 0 Å². The van der Waals surface area contributed by atoms with E-state index in [0.29, 0.717) is 11.0 Å². The maximum Gasteiger partial charge on any atom is 0.255 e. The highest BCUT2D eigenvalue weighted by Gasteiger charge is 2.46. The van der Waals surface area contributed by atoms with Gasteiger partial charge in [0.15, 0.2) is 0 Å². The second-order valence-corrected chi connectivity index (χ2v) is 5.40. The zero-order chi connectivity index (χ0) is 11.9. The number of carbonyl (C=O) groups excluding carboxylic acids is 1. The van der Waals surface area contributed by atoms with Crippen LogP contribution in [0.5, 0.6) is 0 Å². The Kier molecular flexibility index (Phi) is 2.38. The van der Waals surface area contributed by atoms with Gasteiger partial charge in [0.25, 0.3) is 5.91 Å². The van der Waals surface area contributed by atoms with Crippen molar-refractivity contribution in [2.24, 2.45) is 5.41 Å². The predicted molar refractivity (Wildman–Crippen MR) is 63.6 cm³/mol. The van der Waals surface area contributed by atoms with Gasteiger partial charge in [0.2, 0.25) is 0 Å². The first-order valence-corrected chi connectivity index (χ1v) is 6.28. The van der Waals surface area contributed by atoms with E-state index in [1.165, 1.54) is 25.7 Å². The van der Waals surface area contributed by atoms with Crippen molar-refractivity contribution in [2.45, 2.75) is 32.6 Å². The average Bonchev–Trinajstić information content (AvgIpc) is 2.76. The zero-order valence-corrected chi connectivity index (χ0v) is 10.1. The molecule has 90 valence electrons. The van der Waals surface area contributed by atoms with Crippen molar-refractivity contribution in [1.29, 1.82) is 0 Å². The lowest BCUT2D eigenvalue weighted by Gasteiger charge is -2.48. The van der Waals surface area contributed by atoms with Crippen LogP contribution in [-0.4, -0.2) is 34.1 Å². The third-order valence-corrected chi connectivity index (χ3v) is 4.14. The summed E-state index contributed by atoms with van der Waals surface area (Å²) >= 11 is 0. The number of carbonyl (C=O) groups is 1. The fraction of sp³-hybridized carbons (Fsp3) is 0.615. The number of amides is 1. The van der Waals surface area contributed by atoms with Gasteiger partial charge in [-0.15, -0.1) is 0 Å². The molecule has 1 aromatic rings. The number of aryl methyl sites for hydroxylation is 1. The summed E-state index contributed by atoms with van der Waals surface area (Å²) in [7, 11) is 0. The molecule has 1 aromatic heterocycles. The lowest BCUT2D eigenvalue weighted by atomic mass is 9.78. The van der Waals surface area contributed by atoms with E-state index < -0.39 is 0 Å². The quantitative estimate of drug-likeness (QED) is 0.740. The lowest BCUT2D eigenvalue weighted by Crippen LogP contribution is -2.57. The molecular formula is C13H17N3O. The van der Waals surface area contributed by atoms with Crippen LogP contribution in [0.2, 0.25) is 0 Å². The van der Waals surface area contributed by atoms with Crippen LogP contribution in [0.25, 0.3) is 0 Å². The van der Waals surface area contributed by atoms with Crippen LogP contribution in [0.15, 0.2) is 12.3 Å². The van der Waals surface area contributed by atoms with Gasteiger partial charge in [0, 0.05) is 18.5 Å². The largest absolute Gasteiger partial charge is 0.337 e. The molecule has 0 atom stereocenters. The molecule has 2 aliphatic rings. The molecule has 4 heteroatoms. The van der Waals surface area contributed by atoms with Gasteiger partial charge in [-0.1, -0.05) is 12.8 Å². The summed E-state index contributed by atoms with van der Waals surface area (Å²) < 4.78 is 0. The molecule has 2 fully saturated rings. The Labute approximate surface area is 101 Å². The normalized spacial score (nSPS) is 21.6.